The maximum absolute atomic E-state index is 12.8. The van der Waals surface area contributed by atoms with Crippen molar-refractivity contribution < 1.29 is 23.0 Å². The predicted octanol–water partition coefficient (Wildman–Crippen LogP) is 2.72. The van der Waals surface area contributed by atoms with Crippen molar-refractivity contribution in [1.29, 1.82) is 0 Å². The van der Waals surface area contributed by atoms with Gasteiger partial charge in [0, 0.05) is 37.8 Å². The molecule has 1 fully saturated rings. The molecule has 2 aliphatic rings. The van der Waals surface area contributed by atoms with Crippen LogP contribution in [0.1, 0.15) is 25.3 Å². The van der Waals surface area contributed by atoms with Crippen molar-refractivity contribution in [3.8, 4) is 17.2 Å². The molecule has 2 heterocycles. The van der Waals surface area contributed by atoms with E-state index in [4.69, 9.17) is 9.47 Å². The van der Waals surface area contributed by atoms with Crippen molar-refractivity contribution in [3.05, 3.63) is 17.7 Å². The number of benzene rings is 1. The molecule has 0 bridgehead atoms. The highest BCUT2D eigenvalue weighted by molar-refractivity contribution is 14.0. The first-order valence-corrected chi connectivity index (χ1v) is 10.9. The monoisotopic (exact) mass is 569 g/mol. The average Bonchev–Trinajstić information content (AvgIpc) is 3.08. The molecule has 0 spiro atoms. The molecule has 32 heavy (non-hydrogen) atoms. The molecule has 1 saturated heterocycles. The molecule has 0 aromatic heterocycles. The molecule has 0 amide bonds. The minimum atomic E-state index is -2.92. The number of nitrogens with one attached hydrogen (secondary N) is 2. The van der Waals surface area contributed by atoms with Crippen molar-refractivity contribution in [1.82, 2.24) is 20.4 Å². The molecule has 2 aliphatic heterocycles. The summed E-state index contributed by atoms with van der Waals surface area (Å²) in [7, 11) is 2.17. The van der Waals surface area contributed by atoms with E-state index in [9.17, 15) is 8.78 Å². The van der Waals surface area contributed by atoms with Crippen LogP contribution in [0.4, 0.5) is 8.78 Å². The van der Waals surface area contributed by atoms with Crippen LogP contribution in [-0.2, 0) is 6.54 Å². The van der Waals surface area contributed by atoms with Crippen molar-refractivity contribution in [2.75, 3.05) is 59.7 Å². The van der Waals surface area contributed by atoms with Crippen LogP contribution in [0.25, 0.3) is 0 Å². The van der Waals surface area contributed by atoms with E-state index < -0.39 is 6.61 Å². The Balaban J connectivity index is 0.00000363. The number of guanidine groups is 1. The zero-order valence-corrected chi connectivity index (χ0v) is 21.1. The van der Waals surface area contributed by atoms with Gasteiger partial charge in [0.15, 0.2) is 17.5 Å². The van der Waals surface area contributed by atoms with Gasteiger partial charge in [-0.05, 0) is 52.5 Å². The third kappa shape index (κ3) is 8.39. The Kier molecular flexibility index (Phi) is 11.5. The fraction of sp³-hybridized carbons (Fsp3) is 0.667. The second-order valence-electron chi connectivity index (χ2n) is 7.67. The largest absolute Gasteiger partial charge is 0.454 e. The van der Waals surface area contributed by atoms with Gasteiger partial charge in [-0.3, -0.25) is 0 Å². The molecule has 2 N–H and O–H groups in total. The van der Waals surface area contributed by atoms with E-state index in [1.165, 1.54) is 12.5 Å². The fourth-order valence-electron chi connectivity index (χ4n) is 3.63. The highest BCUT2D eigenvalue weighted by Crippen LogP contribution is 2.39. The molecule has 11 heteroatoms. The van der Waals surface area contributed by atoms with Gasteiger partial charge in [-0.25, -0.2) is 4.99 Å². The minimum absolute atomic E-state index is 0. The Morgan fingerprint density at radius 3 is 2.69 bits per heavy atom. The lowest BCUT2D eigenvalue weighted by atomic mass is 10.1. The number of fused-ring (bicyclic) bond motifs is 1. The number of alkyl halides is 2. The van der Waals surface area contributed by atoms with Crippen molar-refractivity contribution in [3.63, 3.8) is 0 Å². The smallest absolute Gasteiger partial charge is 0.387 e. The summed E-state index contributed by atoms with van der Waals surface area (Å²) in [6.45, 7) is 6.31. The van der Waals surface area contributed by atoms with Gasteiger partial charge in [0.25, 0.3) is 0 Å². The van der Waals surface area contributed by atoms with Gasteiger partial charge in [0.1, 0.15) is 5.75 Å². The Morgan fingerprint density at radius 1 is 1.16 bits per heavy atom. The Labute approximate surface area is 205 Å². The molecule has 0 saturated carbocycles. The summed E-state index contributed by atoms with van der Waals surface area (Å²) in [5.41, 5.74) is 0.510. The van der Waals surface area contributed by atoms with E-state index >= 15 is 0 Å². The highest BCUT2D eigenvalue weighted by Gasteiger charge is 2.20. The van der Waals surface area contributed by atoms with Gasteiger partial charge in [-0.1, -0.05) is 0 Å². The average molecular weight is 569 g/mol. The zero-order valence-electron chi connectivity index (χ0n) is 18.7. The van der Waals surface area contributed by atoms with Gasteiger partial charge >= 0.3 is 6.61 Å². The summed E-state index contributed by atoms with van der Waals surface area (Å²) in [6, 6.07) is 3.07. The van der Waals surface area contributed by atoms with Crippen LogP contribution in [0.5, 0.6) is 17.2 Å². The molecule has 1 aromatic rings. The first-order valence-electron chi connectivity index (χ1n) is 10.9. The molecule has 8 nitrogen and oxygen atoms in total. The molecule has 182 valence electrons. The molecular weight excluding hydrogens is 535 g/mol. The lowest BCUT2D eigenvalue weighted by Crippen LogP contribution is -2.39. The van der Waals surface area contributed by atoms with E-state index in [2.05, 4.69) is 37.2 Å². The number of rotatable bonds is 9. The number of likely N-dealkylation sites (N-methyl/N-ethyl adjacent to an activating group) is 1. The highest BCUT2D eigenvalue weighted by atomic mass is 127. The first-order chi connectivity index (χ1) is 15.0. The van der Waals surface area contributed by atoms with E-state index in [0.717, 1.165) is 45.7 Å². The molecule has 0 unspecified atom stereocenters. The van der Waals surface area contributed by atoms with E-state index in [0.29, 0.717) is 29.6 Å². The number of aliphatic imine (C=N–C) groups is 1. The summed E-state index contributed by atoms with van der Waals surface area (Å²) < 4.78 is 40.9. The summed E-state index contributed by atoms with van der Waals surface area (Å²) >= 11 is 0. The van der Waals surface area contributed by atoms with Gasteiger partial charge < -0.3 is 34.6 Å². The zero-order chi connectivity index (χ0) is 22.1. The van der Waals surface area contributed by atoms with E-state index in [-0.39, 0.29) is 43.1 Å². The van der Waals surface area contributed by atoms with Gasteiger partial charge in [0.2, 0.25) is 6.79 Å². The number of hydrogen-bond donors (Lipinski definition) is 2. The lowest BCUT2D eigenvalue weighted by molar-refractivity contribution is -0.0505. The lowest BCUT2D eigenvalue weighted by Gasteiger charge is -2.20. The van der Waals surface area contributed by atoms with Crippen molar-refractivity contribution in [2.24, 2.45) is 4.99 Å². The maximum atomic E-state index is 12.8. The number of ether oxygens (including phenoxy) is 3. The van der Waals surface area contributed by atoms with Gasteiger partial charge in [-0.2, -0.15) is 8.78 Å². The van der Waals surface area contributed by atoms with Crippen LogP contribution in [-0.4, -0.2) is 82.0 Å². The first kappa shape index (κ1) is 26.7. The second kappa shape index (κ2) is 13.8. The van der Waals surface area contributed by atoms with Crippen LogP contribution in [0.2, 0.25) is 0 Å². The fourth-order valence-corrected chi connectivity index (χ4v) is 3.63. The third-order valence-corrected chi connectivity index (χ3v) is 5.28. The Bertz CT molecular complexity index is 742. The predicted molar refractivity (Wildman–Crippen MR) is 131 cm³/mol. The standard InChI is InChI=1S/C21H33F2N5O3.HI/c1-3-24-21(25-6-4-8-28-9-5-7-27(2)10-11-28)26-14-16-12-18-19(30-15-29-18)13-17(16)31-20(22)23;/h12-13,20H,3-11,14-15H2,1-2H3,(H2,24,25,26);1H. The van der Waals surface area contributed by atoms with Crippen LogP contribution < -0.4 is 24.8 Å². The van der Waals surface area contributed by atoms with E-state index in [1.54, 1.807) is 6.07 Å². The van der Waals surface area contributed by atoms with Crippen LogP contribution in [0.3, 0.4) is 0 Å². The summed E-state index contributed by atoms with van der Waals surface area (Å²) in [5.74, 6) is 1.59. The minimum Gasteiger partial charge on any atom is -0.454 e. The summed E-state index contributed by atoms with van der Waals surface area (Å²) in [5, 5.41) is 6.52. The quantitative estimate of drug-likeness (QED) is 0.205. The van der Waals surface area contributed by atoms with Crippen LogP contribution >= 0.6 is 24.0 Å². The van der Waals surface area contributed by atoms with Gasteiger partial charge in [-0.15, -0.1) is 24.0 Å². The SMILES string of the molecule is CCNC(=NCc1cc2c(cc1OC(F)F)OCO2)NCCCN1CCCN(C)CC1.I. The van der Waals surface area contributed by atoms with Crippen molar-refractivity contribution in [2.45, 2.75) is 32.9 Å². The van der Waals surface area contributed by atoms with Crippen LogP contribution in [0.15, 0.2) is 17.1 Å². The van der Waals surface area contributed by atoms with E-state index in [1.807, 2.05) is 6.92 Å². The normalized spacial score (nSPS) is 17.1. The van der Waals surface area contributed by atoms with Crippen molar-refractivity contribution >= 4 is 29.9 Å². The molecular formula is C21H34F2IN5O3. The molecule has 1 aromatic carbocycles. The Hall–Kier alpha value is -1.60. The summed E-state index contributed by atoms with van der Waals surface area (Å²) in [6.07, 6.45) is 2.20. The second-order valence-corrected chi connectivity index (χ2v) is 7.67. The number of halogens is 3. The number of nitrogens with zero attached hydrogens (tertiary/aromatic N) is 3. The molecule has 0 atom stereocenters. The molecule has 3 rings (SSSR count). The molecule has 0 aliphatic carbocycles. The molecule has 0 radical (unpaired) electrons. The summed E-state index contributed by atoms with van der Waals surface area (Å²) in [4.78, 5) is 9.41. The topological polar surface area (TPSA) is 70.6 Å². The Morgan fingerprint density at radius 2 is 1.94 bits per heavy atom. The number of hydrogen-bond acceptors (Lipinski definition) is 6. The maximum Gasteiger partial charge on any atom is 0.387 e. The van der Waals surface area contributed by atoms with Crippen LogP contribution in [0, 0.1) is 0 Å². The van der Waals surface area contributed by atoms with Gasteiger partial charge in [0.05, 0.1) is 6.54 Å². The third-order valence-electron chi connectivity index (χ3n) is 5.28.